The Kier molecular flexibility index (Phi) is 5.54. The minimum Gasteiger partial charge on any atom is -0.489 e. The first-order valence-corrected chi connectivity index (χ1v) is 8.17. The van der Waals surface area contributed by atoms with Gasteiger partial charge in [0.2, 0.25) is 0 Å². The monoisotopic (exact) mass is 352 g/mol. The third-order valence-electron chi connectivity index (χ3n) is 3.42. The second-order valence-electron chi connectivity index (χ2n) is 5.39. The zero-order valence-electron chi connectivity index (χ0n) is 13.4. The topological polar surface area (TPSA) is 50.4 Å². The van der Waals surface area contributed by atoms with Crippen LogP contribution in [-0.2, 0) is 6.61 Å². The van der Waals surface area contributed by atoms with E-state index in [9.17, 15) is 4.79 Å². The molecule has 3 aromatic carbocycles. The summed E-state index contributed by atoms with van der Waals surface area (Å²) in [5, 5.41) is 6.07. The number of nitrogens with one attached hydrogen (secondary N) is 2. The molecule has 0 aliphatic carbocycles. The van der Waals surface area contributed by atoms with Crippen LogP contribution < -0.4 is 15.4 Å². The predicted molar refractivity (Wildman–Crippen MR) is 101 cm³/mol. The van der Waals surface area contributed by atoms with E-state index in [4.69, 9.17) is 16.3 Å². The Morgan fingerprint density at radius 1 is 0.840 bits per heavy atom. The summed E-state index contributed by atoms with van der Waals surface area (Å²) in [4.78, 5) is 12.1. The van der Waals surface area contributed by atoms with Gasteiger partial charge in [-0.25, -0.2) is 4.79 Å². The molecule has 3 aromatic rings. The molecule has 2 N–H and O–H groups in total. The molecule has 0 aliphatic heterocycles. The summed E-state index contributed by atoms with van der Waals surface area (Å²) in [6.07, 6.45) is 0. The third-order valence-corrected chi connectivity index (χ3v) is 3.66. The number of hydrogen-bond acceptors (Lipinski definition) is 2. The minimum absolute atomic E-state index is 0.345. The fourth-order valence-corrected chi connectivity index (χ4v) is 2.45. The Morgan fingerprint density at radius 2 is 1.52 bits per heavy atom. The Bertz CT molecular complexity index is 853. The molecule has 0 radical (unpaired) electrons. The highest BCUT2D eigenvalue weighted by molar-refractivity contribution is 6.30. The van der Waals surface area contributed by atoms with E-state index < -0.39 is 0 Å². The normalized spacial score (nSPS) is 10.1. The van der Waals surface area contributed by atoms with Crippen molar-refractivity contribution in [2.45, 2.75) is 6.61 Å². The van der Waals surface area contributed by atoms with E-state index in [2.05, 4.69) is 10.6 Å². The molecule has 0 fully saturated rings. The van der Waals surface area contributed by atoms with Crippen LogP contribution in [0.1, 0.15) is 5.56 Å². The van der Waals surface area contributed by atoms with Crippen molar-refractivity contribution in [1.29, 1.82) is 0 Å². The van der Waals surface area contributed by atoms with Crippen LogP contribution in [-0.4, -0.2) is 6.03 Å². The number of urea groups is 1. The van der Waals surface area contributed by atoms with Gasteiger partial charge in [-0.3, -0.25) is 0 Å². The molecular weight excluding hydrogens is 336 g/mol. The van der Waals surface area contributed by atoms with Crippen molar-refractivity contribution in [3.05, 3.63) is 89.4 Å². The maximum atomic E-state index is 12.1. The number of hydrogen-bond donors (Lipinski definition) is 2. The summed E-state index contributed by atoms with van der Waals surface area (Å²) in [5.74, 6) is 0.685. The molecule has 0 atom stereocenters. The number of carbonyl (C=O) groups excluding carboxylic acids is 1. The van der Waals surface area contributed by atoms with E-state index in [1.54, 1.807) is 36.4 Å². The predicted octanol–water partition coefficient (Wildman–Crippen LogP) is 5.56. The molecule has 0 saturated heterocycles. The first-order chi connectivity index (χ1) is 12.2. The average molecular weight is 353 g/mol. The fraction of sp³-hybridized carbons (Fsp3) is 0.0500. The maximum Gasteiger partial charge on any atom is 0.323 e. The quantitative estimate of drug-likeness (QED) is 0.631. The molecule has 0 bridgehead atoms. The second-order valence-corrected chi connectivity index (χ2v) is 5.83. The molecule has 5 heteroatoms. The Balaban J connectivity index is 1.58. The Morgan fingerprint density at radius 3 is 2.24 bits per heavy atom. The SMILES string of the molecule is O=C(Nc1cccc(Cl)c1)Nc1cccc(OCc2ccccc2)c1. The lowest BCUT2D eigenvalue weighted by atomic mass is 10.2. The number of carbonyl (C=O) groups is 1. The van der Waals surface area contributed by atoms with Gasteiger partial charge in [-0.15, -0.1) is 0 Å². The smallest absolute Gasteiger partial charge is 0.323 e. The van der Waals surface area contributed by atoms with Gasteiger partial charge >= 0.3 is 6.03 Å². The van der Waals surface area contributed by atoms with E-state index in [-0.39, 0.29) is 6.03 Å². The number of halogens is 1. The summed E-state index contributed by atoms with van der Waals surface area (Å²) < 4.78 is 5.76. The molecule has 0 spiro atoms. The Hall–Kier alpha value is -2.98. The molecule has 3 rings (SSSR count). The van der Waals surface area contributed by atoms with E-state index in [0.717, 1.165) is 5.56 Å². The van der Waals surface area contributed by atoms with Crippen molar-refractivity contribution in [2.24, 2.45) is 0 Å². The highest BCUT2D eigenvalue weighted by atomic mass is 35.5. The molecule has 0 unspecified atom stereocenters. The number of rotatable bonds is 5. The first kappa shape index (κ1) is 16.9. The zero-order valence-corrected chi connectivity index (χ0v) is 14.2. The molecular formula is C20H17ClN2O2. The maximum absolute atomic E-state index is 12.1. The molecule has 0 aromatic heterocycles. The van der Waals surface area contributed by atoms with Crippen LogP contribution in [0.25, 0.3) is 0 Å². The van der Waals surface area contributed by atoms with Gasteiger partial charge in [0.1, 0.15) is 12.4 Å². The zero-order chi connectivity index (χ0) is 17.5. The minimum atomic E-state index is -0.345. The number of benzene rings is 3. The first-order valence-electron chi connectivity index (χ1n) is 7.79. The van der Waals surface area contributed by atoms with Crippen molar-refractivity contribution < 1.29 is 9.53 Å². The lowest BCUT2D eigenvalue weighted by Crippen LogP contribution is -2.19. The van der Waals surface area contributed by atoms with Crippen LogP contribution in [0.3, 0.4) is 0 Å². The number of anilines is 2. The molecule has 2 amide bonds. The van der Waals surface area contributed by atoms with Crippen LogP contribution in [0.2, 0.25) is 5.02 Å². The van der Waals surface area contributed by atoms with Crippen LogP contribution >= 0.6 is 11.6 Å². The summed E-state index contributed by atoms with van der Waals surface area (Å²) in [7, 11) is 0. The van der Waals surface area contributed by atoms with Gasteiger partial charge < -0.3 is 15.4 Å². The third kappa shape index (κ3) is 5.26. The van der Waals surface area contributed by atoms with Crippen LogP contribution in [0.15, 0.2) is 78.9 Å². The number of ether oxygens (including phenoxy) is 1. The van der Waals surface area contributed by atoms with Crippen molar-refractivity contribution in [3.63, 3.8) is 0 Å². The summed E-state index contributed by atoms with van der Waals surface area (Å²) in [5.41, 5.74) is 2.35. The van der Waals surface area contributed by atoms with Crippen molar-refractivity contribution in [2.75, 3.05) is 10.6 Å². The van der Waals surface area contributed by atoms with Crippen LogP contribution in [0.4, 0.5) is 16.2 Å². The molecule has 0 saturated carbocycles. The second kappa shape index (κ2) is 8.22. The fourth-order valence-electron chi connectivity index (χ4n) is 2.26. The van der Waals surface area contributed by atoms with Gasteiger partial charge in [0, 0.05) is 22.5 Å². The van der Waals surface area contributed by atoms with Gasteiger partial charge in [0.25, 0.3) is 0 Å². The van der Waals surface area contributed by atoms with E-state index in [1.165, 1.54) is 0 Å². The highest BCUT2D eigenvalue weighted by Gasteiger charge is 2.04. The van der Waals surface area contributed by atoms with Gasteiger partial charge in [-0.1, -0.05) is 54.1 Å². The number of amides is 2. The molecule has 4 nitrogen and oxygen atoms in total. The van der Waals surface area contributed by atoms with E-state index in [0.29, 0.717) is 28.8 Å². The average Bonchev–Trinajstić information content (AvgIpc) is 2.61. The summed E-state index contributed by atoms with van der Waals surface area (Å²) in [6, 6.07) is 23.8. The summed E-state index contributed by atoms with van der Waals surface area (Å²) >= 11 is 5.91. The largest absolute Gasteiger partial charge is 0.489 e. The molecule has 126 valence electrons. The van der Waals surface area contributed by atoms with Gasteiger partial charge in [0.05, 0.1) is 0 Å². The van der Waals surface area contributed by atoms with Crippen molar-refractivity contribution in [1.82, 2.24) is 0 Å². The summed E-state index contributed by atoms with van der Waals surface area (Å²) in [6.45, 7) is 0.471. The molecule has 0 aliphatic rings. The lowest BCUT2D eigenvalue weighted by Gasteiger charge is -2.10. The van der Waals surface area contributed by atoms with Crippen LogP contribution in [0, 0.1) is 0 Å². The highest BCUT2D eigenvalue weighted by Crippen LogP contribution is 2.20. The van der Waals surface area contributed by atoms with Crippen LogP contribution in [0.5, 0.6) is 5.75 Å². The van der Waals surface area contributed by atoms with Gasteiger partial charge in [0.15, 0.2) is 0 Å². The van der Waals surface area contributed by atoms with Crippen molar-refractivity contribution >= 4 is 29.0 Å². The molecule has 25 heavy (non-hydrogen) atoms. The lowest BCUT2D eigenvalue weighted by molar-refractivity contribution is 0.262. The standard InChI is InChI=1S/C20H17ClN2O2/c21-16-8-4-9-17(12-16)22-20(24)23-18-10-5-11-19(13-18)25-14-15-6-2-1-3-7-15/h1-13H,14H2,(H2,22,23,24). The van der Waals surface area contributed by atoms with Crippen molar-refractivity contribution in [3.8, 4) is 5.75 Å². The van der Waals surface area contributed by atoms with E-state index in [1.807, 2.05) is 42.5 Å². The molecule has 0 heterocycles. The Labute approximate surface area is 151 Å². The van der Waals surface area contributed by atoms with E-state index >= 15 is 0 Å². The van der Waals surface area contributed by atoms with Gasteiger partial charge in [-0.05, 0) is 35.9 Å². The van der Waals surface area contributed by atoms with Gasteiger partial charge in [-0.2, -0.15) is 0 Å².